The zero-order valence-electron chi connectivity index (χ0n) is 10.1. The first-order valence-electron chi connectivity index (χ1n) is 5.57. The summed E-state index contributed by atoms with van der Waals surface area (Å²) in [5.74, 6) is -4.30. The van der Waals surface area contributed by atoms with Crippen LogP contribution in [0.5, 0.6) is 0 Å². The molecule has 1 N–H and O–H groups in total. The van der Waals surface area contributed by atoms with Crippen LogP contribution in [-0.2, 0) is 23.9 Å². The monoisotopic (exact) mass is 246 g/mol. The van der Waals surface area contributed by atoms with Gasteiger partial charge in [0, 0.05) is 0 Å². The minimum Gasteiger partial charge on any atom is -0.481 e. The van der Waals surface area contributed by atoms with Gasteiger partial charge in [-0.05, 0) is 13.3 Å². The molecule has 0 heterocycles. The Kier molecular flexibility index (Phi) is 7.75. The number of unbranched alkanes of at least 4 members (excludes halogenated alkanes) is 1. The maximum absolute atomic E-state index is 11.5. The van der Waals surface area contributed by atoms with Gasteiger partial charge in [0.2, 0.25) is 0 Å². The molecule has 0 aliphatic carbocycles. The van der Waals surface area contributed by atoms with Gasteiger partial charge in [-0.2, -0.15) is 0 Å². The molecule has 98 valence electrons. The Morgan fingerprint density at radius 1 is 1.12 bits per heavy atom. The molecular weight excluding hydrogens is 228 g/mol. The number of carbonyl (C=O) groups excluding carboxylic acids is 2. The summed E-state index contributed by atoms with van der Waals surface area (Å²) in [5.41, 5.74) is 0. The molecule has 0 aromatic carbocycles. The number of carboxylic acid groups (broad SMARTS) is 1. The lowest BCUT2D eigenvalue weighted by Crippen LogP contribution is -2.30. The van der Waals surface area contributed by atoms with Crippen LogP contribution < -0.4 is 0 Å². The van der Waals surface area contributed by atoms with Crippen molar-refractivity contribution >= 4 is 17.9 Å². The van der Waals surface area contributed by atoms with Crippen molar-refractivity contribution in [3.05, 3.63) is 0 Å². The topological polar surface area (TPSA) is 89.9 Å². The number of carboxylic acids is 1. The Morgan fingerprint density at radius 2 is 1.71 bits per heavy atom. The highest BCUT2D eigenvalue weighted by Gasteiger charge is 2.31. The van der Waals surface area contributed by atoms with Crippen LogP contribution in [-0.4, -0.2) is 36.2 Å². The van der Waals surface area contributed by atoms with Crippen molar-refractivity contribution in [3.8, 4) is 0 Å². The Bertz CT molecular complexity index is 273. The van der Waals surface area contributed by atoms with Gasteiger partial charge in [-0.1, -0.05) is 13.3 Å². The summed E-state index contributed by atoms with van der Waals surface area (Å²) in [5, 5.41) is 8.61. The predicted molar refractivity (Wildman–Crippen MR) is 58.2 cm³/mol. The third kappa shape index (κ3) is 6.55. The summed E-state index contributed by atoms with van der Waals surface area (Å²) >= 11 is 0. The summed E-state index contributed by atoms with van der Waals surface area (Å²) in [6, 6.07) is 0. The van der Waals surface area contributed by atoms with Gasteiger partial charge in [0.25, 0.3) is 0 Å². The molecule has 0 amide bonds. The molecule has 0 aromatic heterocycles. The number of rotatable bonds is 8. The zero-order valence-corrected chi connectivity index (χ0v) is 10.1. The molecule has 0 fully saturated rings. The molecular formula is C11H18O6. The van der Waals surface area contributed by atoms with E-state index in [9.17, 15) is 14.4 Å². The average Bonchev–Trinajstić information content (AvgIpc) is 2.26. The maximum atomic E-state index is 11.5. The van der Waals surface area contributed by atoms with Gasteiger partial charge in [-0.15, -0.1) is 0 Å². The van der Waals surface area contributed by atoms with E-state index >= 15 is 0 Å². The highest BCUT2D eigenvalue weighted by molar-refractivity contribution is 5.97. The van der Waals surface area contributed by atoms with Crippen LogP contribution in [0.25, 0.3) is 0 Å². The van der Waals surface area contributed by atoms with E-state index in [1.165, 1.54) is 0 Å². The predicted octanol–water partition coefficient (Wildman–Crippen LogP) is 0.984. The van der Waals surface area contributed by atoms with Crippen molar-refractivity contribution < 1.29 is 29.0 Å². The molecule has 6 heteroatoms. The summed E-state index contributed by atoms with van der Waals surface area (Å²) < 4.78 is 9.44. The third-order valence-electron chi connectivity index (χ3n) is 1.98. The van der Waals surface area contributed by atoms with Gasteiger partial charge in [0.05, 0.1) is 19.6 Å². The fourth-order valence-corrected chi connectivity index (χ4v) is 1.10. The minimum atomic E-state index is -1.37. The van der Waals surface area contributed by atoms with Crippen molar-refractivity contribution in [1.82, 2.24) is 0 Å². The quantitative estimate of drug-likeness (QED) is 0.390. The molecule has 17 heavy (non-hydrogen) atoms. The second kappa shape index (κ2) is 8.55. The van der Waals surface area contributed by atoms with Gasteiger partial charge < -0.3 is 14.6 Å². The van der Waals surface area contributed by atoms with Gasteiger partial charge in [0.15, 0.2) is 5.92 Å². The molecule has 1 unspecified atom stereocenters. The number of esters is 2. The van der Waals surface area contributed by atoms with Crippen LogP contribution in [0.2, 0.25) is 0 Å². The molecule has 0 radical (unpaired) electrons. The highest BCUT2D eigenvalue weighted by atomic mass is 16.6. The van der Waals surface area contributed by atoms with Crippen LogP contribution in [0.1, 0.15) is 33.1 Å². The molecule has 0 saturated carbocycles. The molecule has 0 aromatic rings. The summed E-state index contributed by atoms with van der Waals surface area (Å²) in [4.78, 5) is 33.4. The van der Waals surface area contributed by atoms with Crippen LogP contribution in [0.3, 0.4) is 0 Å². The van der Waals surface area contributed by atoms with Crippen LogP contribution in [0.15, 0.2) is 0 Å². The van der Waals surface area contributed by atoms with E-state index in [-0.39, 0.29) is 13.2 Å². The van der Waals surface area contributed by atoms with Crippen molar-refractivity contribution in [2.75, 3.05) is 13.2 Å². The largest absolute Gasteiger partial charge is 0.481 e. The first-order chi connectivity index (χ1) is 8.02. The van der Waals surface area contributed by atoms with E-state index in [0.29, 0.717) is 6.42 Å². The Morgan fingerprint density at radius 3 is 2.18 bits per heavy atom. The number of carbonyl (C=O) groups is 3. The number of aliphatic carboxylic acids is 1. The Hall–Kier alpha value is -1.59. The van der Waals surface area contributed by atoms with Crippen molar-refractivity contribution in [2.24, 2.45) is 5.92 Å². The van der Waals surface area contributed by atoms with Gasteiger partial charge in [0.1, 0.15) is 0 Å². The molecule has 0 spiro atoms. The van der Waals surface area contributed by atoms with Crippen LogP contribution in [0, 0.1) is 5.92 Å². The minimum absolute atomic E-state index is 0.0944. The molecule has 0 aliphatic heterocycles. The third-order valence-corrected chi connectivity index (χ3v) is 1.98. The fourth-order valence-electron chi connectivity index (χ4n) is 1.10. The van der Waals surface area contributed by atoms with Gasteiger partial charge in [-0.25, -0.2) is 0 Å². The lowest BCUT2D eigenvalue weighted by atomic mass is 10.1. The first-order valence-corrected chi connectivity index (χ1v) is 5.57. The van der Waals surface area contributed by atoms with Crippen molar-refractivity contribution in [2.45, 2.75) is 33.1 Å². The molecule has 0 bridgehead atoms. The smallest absolute Gasteiger partial charge is 0.320 e. The molecule has 6 nitrogen and oxygen atoms in total. The van der Waals surface area contributed by atoms with Gasteiger partial charge in [-0.3, -0.25) is 14.4 Å². The normalized spacial score (nSPS) is 11.6. The van der Waals surface area contributed by atoms with E-state index in [1.807, 2.05) is 6.92 Å². The molecule has 0 saturated heterocycles. The highest BCUT2D eigenvalue weighted by Crippen LogP contribution is 2.09. The first kappa shape index (κ1) is 15.4. The second-order valence-electron chi connectivity index (χ2n) is 3.42. The summed E-state index contributed by atoms with van der Waals surface area (Å²) in [6.45, 7) is 3.79. The molecule has 0 rings (SSSR count). The lowest BCUT2D eigenvalue weighted by molar-refractivity contribution is -0.165. The van der Waals surface area contributed by atoms with Crippen molar-refractivity contribution in [3.63, 3.8) is 0 Å². The molecule has 0 aliphatic rings. The Labute approximate surface area is 99.9 Å². The Balaban J connectivity index is 4.39. The number of hydrogen-bond donors (Lipinski definition) is 1. The van der Waals surface area contributed by atoms with Gasteiger partial charge >= 0.3 is 17.9 Å². The number of hydrogen-bond acceptors (Lipinski definition) is 5. The van der Waals surface area contributed by atoms with Crippen LogP contribution in [0.4, 0.5) is 0 Å². The van der Waals surface area contributed by atoms with E-state index in [0.717, 1.165) is 6.42 Å². The SMILES string of the molecule is CCCCOC(=O)C(CC(=O)O)C(=O)OCC. The summed E-state index contributed by atoms with van der Waals surface area (Å²) in [6.07, 6.45) is 0.911. The van der Waals surface area contributed by atoms with Crippen molar-refractivity contribution in [1.29, 1.82) is 0 Å². The number of ether oxygens (including phenoxy) is 2. The van der Waals surface area contributed by atoms with Crippen LogP contribution >= 0.6 is 0 Å². The summed E-state index contributed by atoms with van der Waals surface area (Å²) in [7, 11) is 0. The van der Waals surface area contributed by atoms with E-state index in [4.69, 9.17) is 9.84 Å². The standard InChI is InChI=1S/C11H18O6/c1-3-5-6-17-11(15)8(7-9(12)13)10(14)16-4-2/h8H,3-7H2,1-2H3,(H,12,13). The van der Waals surface area contributed by atoms with E-state index in [2.05, 4.69) is 4.74 Å². The lowest BCUT2D eigenvalue weighted by Gasteiger charge is -2.12. The second-order valence-corrected chi connectivity index (χ2v) is 3.42. The van der Waals surface area contributed by atoms with E-state index in [1.54, 1.807) is 6.92 Å². The maximum Gasteiger partial charge on any atom is 0.320 e. The zero-order chi connectivity index (χ0) is 13.3. The average molecular weight is 246 g/mol. The fraction of sp³-hybridized carbons (Fsp3) is 0.727. The van der Waals surface area contributed by atoms with E-state index < -0.39 is 30.2 Å². The molecule has 1 atom stereocenters.